The minimum absolute atomic E-state index is 0.168. The van der Waals surface area contributed by atoms with E-state index in [-0.39, 0.29) is 5.91 Å². The van der Waals surface area contributed by atoms with Crippen LogP contribution in [0.5, 0.6) is 0 Å². The molecule has 0 radical (unpaired) electrons. The molecule has 130 valence electrons. The highest BCUT2D eigenvalue weighted by molar-refractivity contribution is 9.10. The van der Waals surface area contributed by atoms with Crippen molar-refractivity contribution in [3.05, 3.63) is 46.7 Å². The van der Waals surface area contributed by atoms with Crippen molar-refractivity contribution in [3.8, 4) is 0 Å². The van der Waals surface area contributed by atoms with Crippen LogP contribution in [0.3, 0.4) is 0 Å². The Balaban J connectivity index is 1.46. The molecule has 3 aliphatic rings. The van der Waals surface area contributed by atoms with Gasteiger partial charge in [0, 0.05) is 42.3 Å². The maximum absolute atomic E-state index is 12.3. The molecular weight excluding hydrogens is 382 g/mol. The molecule has 1 aromatic heterocycles. The summed E-state index contributed by atoms with van der Waals surface area (Å²) in [7, 11) is 0. The van der Waals surface area contributed by atoms with Crippen molar-refractivity contribution in [1.29, 1.82) is 0 Å². The number of benzene rings is 1. The Morgan fingerprint density at radius 1 is 1.12 bits per heavy atom. The molecule has 0 atom stereocenters. The van der Waals surface area contributed by atoms with Crippen molar-refractivity contribution >= 4 is 33.5 Å². The summed E-state index contributed by atoms with van der Waals surface area (Å²) < 4.78 is 0.874. The van der Waals surface area contributed by atoms with Gasteiger partial charge in [-0.25, -0.2) is 9.97 Å². The number of nitrogens with zero attached hydrogens (tertiary/aromatic N) is 4. The van der Waals surface area contributed by atoms with Crippen molar-refractivity contribution in [2.75, 3.05) is 36.4 Å². The number of hydrogen-bond acceptors (Lipinski definition) is 5. The summed E-state index contributed by atoms with van der Waals surface area (Å²) in [5.41, 5.74) is 1.20. The molecule has 4 heterocycles. The maximum atomic E-state index is 12.3. The Bertz CT molecular complexity index is 758. The Hall–Kier alpha value is -1.99. The van der Waals surface area contributed by atoms with E-state index in [1.807, 2.05) is 12.1 Å². The molecular formula is C18H20BrN5O. The zero-order valence-corrected chi connectivity index (χ0v) is 15.4. The largest absolute Gasteiger partial charge is 0.336 e. The summed E-state index contributed by atoms with van der Waals surface area (Å²) in [6, 6.07) is 7.82. The molecule has 6 nitrogen and oxygen atoms in total. The first-order valence-corrected chi connectivity index (χ1v) is 9.36. The van der Waals surface area contributed by atoms with Gasteiger partial charge in [-0.2, -0.15) is 0 Å². The number of nitrogens with one attached hydrogen (secondary N) is 1. The second kappa shape index (κ2) is 7.09. The van der Waals surface area contributed by atoms with Crippen LogP contribution in [0.1, 0.15) is 23.2 Å². The van der Waals surface area contributed by atoms with E-state index in [0.29, 0.717) is 17.3 Å². The third-order valence-electron chi connectivity index (χ3n) is 4.89. The second-order valence-electron chi connectivity index (χ2n) is 6.50. The zero-order chi connectivity index (χ0) is 17.2. The summed E-state index contributed by atoms with van der Waals surface area (Å²) in [5, 5.41) is 2.85. The Labute approximate surface area is 155 Å². The van der Waals surface area contributed by atoms with Gasteiger partial charge >= 0.3 is 0 Å². The molecule has 5 rings (SSSR count). The van der Waals surface area contributed by atoms with Gasteiger partial charge in [0.15, 0.2) is 0 Å². The van der Waals surface area contributed by atoms with E-state index < -0.39 is 0 Å². The van der Waals surface area contributed by atoms with Gasteiger partial charge in [-0.3, -0.25) is 4.79 Å². The highest BCUT2D eigenvalue weighted by atomic mass is 79.9. The lowest BCUT2D eigenvalue weighted by Gasteiger charge is -2.31. The molecule has 3 saturated heterocycles. The lowest BCUT2D eigenvalue weighted by molar-refractivity contribution is 0.102. The Morgan fingerprint density at radius 2 is 1.88 bits per heavy atom. The normalized spacial score (nSPS) is 22.5. The fraction of sp³-hybridized carbons (Fsp3) is 0.389. The molecule has 7 heteroatoms. The van der Waals surface area contributed by atoms with E-state index in [2.05, 4.69) is 41.0 Å². The van der Waals surface area contributed by atoms with Gasteiger partial charge in [0.1, 0.15) is 0 Å². The number of piperidine rings is 1. The molecule has 3 aliphatic heterocycles. The number of fused-ring (bicyclic) bond motifs is 4. The number of amides is 1. The van der Waals surface area contributed by atoms with Gasteiger partial charge in [0.25, 0.3) is 5.91 Å². The number of halogens is 1. The third-order valence-corrected chi connectivity index (χ3v) is 5.39. The van der Waals surface area contributed by atoms with Gasteiger partial charge in [0.05, 0.1) is 18.1 Å². The van der Waals surface area contributed by atoms with Gasteiger partial charge in [-0.15, -0.1) is 0 Å². The summed E-state index contributed by atoms with van der Waals surface area (Å²) in [6.45, 7) is 4.37. The fourth-order valence-electron chi connectivity index (χ4n) is 3.52. The Kier molecular flexibility index (Phi) is 4.67. The minimum Gasteiger partial charge on any atom is -0.336 e. The third kappa shape index (κ3) is 3.67. The van der Waals surface area contributed by atoms with Crippen molar-refractivity contribution in [1.82, 2.24) is 14.9 Å². The number of rotatable bonds is 3. The first-order valence-electron chi connectivity index (χ1n) is 8.57. The quantitative estimate of drug-likeness (QED) is 0.856. The monoisotopic (exact) mass is 401 g/mol. The second-order valence-corrected chi connectivity index (χ2v) is 7.42. The molecule has 1 amide bonds. The van der Waals surface area contributed by atoms with Crippen LogP contribution in [0.2, 0.25) is 0 Å². The molecule has 1 N–H and O–H groups in total. The predicted octanol–water partition coefficient (Wildman–Crippen LogP) is 2.78. The number of carbonyl (C=O) groups is 1. The summed E-state index contributed by atoms with van der Waals surface area (Å²) in [6.07, 6.45) is 5.72. The molecule has 25 heavy (non-hydrogen) atoms. The van der Waals surface area contributed by atoms with Crippen LogP contribution in [-0.4, -0.2) is 53.0 Å². The topological polar surface area (TPSA) is 61.4 Å². The average molecular weight is 402 g/mol. The van der Waals surface area contributed by atoms with E-state index in [1.54, 1.807) is 24.5 Å². The summed E-state index contributed by atoms with van der Waals surface area (Å²) >= 11 is 3.38. The van der Waals surface area contributed by atoms with Crippen molar-refractivity contribution < 1.29 is 4.79 Å². The standard InChI is InChI=1S/C18H20BrN5O/c19-14-3-1-2-13(10-14)17(25)22-15-11-20-18(21-12-15)24-9-8-23-6-4-16(24)5-7-23/h1-3,10-12,16H,4-9H2,(H,22,25). The van der Waals surface area contributed by atoms with E-state index in [9.17, 15) is 4.79 Å². The SMILES string of the molecule is O=C(Nc1cnc(N2CCN3CCC2CC3)nc1)c1cccc(Br)c1. The van der Waals surface area contributed by atoms with Gasteiger partial charge in [0.2, 0.25) is 5.95 Å². The van der Waals surface area contributed by atoms with E-state index >= 15 is 0 Å². The van der Waals surface area contributed by atoms with Crippen molar-refractivity contribution in [3.63, 3.8) is 0 Å². The number of carbonyl (C=O) groups excluding carboxylic acids is 1. The average Bonchev–Trinajstić information content (AvgIpc) is 2.96. The number of anilines is 2. The van der Waals surface area contributed by atoms with Gasteiger partial charge < -0.3 is 15.1 Å². The Morgan fingerprint density at radius 3 is 2.60 bits per heavy atom. The van der Waals surface area contributed by atoms with Gasteiger partial charge in [-0.1, -0.05) is 22.0 Å². The van der Waals surface area contributed by atoms with Crippen LogP contribution in [0.25, 0.3) is 0 Å². The highest BCUT2D eigenvalue weighted by Gasteiger charge is 2.30. The number of aromatic nitrogens is 2. The smallest absolute Gasteiger partial charge is 0.255 e. The first-order chi connectivity index (χ1) is 12.2. The lowest BCUT2D eigenvalue weighted by atomic mass is 10.1. The van der Waals surface area contributed by atoms with Crippen LogP contribution in [0, 0.1) is 0 Å². The number of hydrogen-bond donors (Lipinski definition) is 1. The van der Waals surface area contributed by atoms with Crippen molar-refractivity contribution in [2.45, 2.75) is 18.9 Å². The summed E-state index contributed by atoms with van der Waals surface area (Å²) in [5.74, 6) is 0.591. The van der Waals surface area contributed by atoms with E-state index in [1.165, 1.54) is 25.9 Å². The lowest BCUT2D eigenvalue weighted by Crippen LogP contribution is -2.38. The first kappa shape index (κ1) is 16.5. The van der Waals surface area contributed by atoms with Crippen LogP contribution in [-0.2, 0) is 0 Å². The van der Waals surface area contributed by atoms with Crippen LogP contribution < -0.4 is 10.2 Å². The molecule has 1 aromatic carbocycles. The molecule has 0 aliphatic carbocycles. The summed E-state index contributed by atoms with van der Waals surface area (Å²) in [4.78, 5) is 26.1. The fourth-order valence-corrected chi connectivity index (χ4v) is 3.92. The minimum atomic E-state index is -0.168. The molecule has 3 fully saturated rings. The molecule has 2 bridgehead atoms. The van der Waals surface area contributed by atoms with E-state index in [4.69, 9.17) is 0 Å². The van der Waals surface area contributed by atoms with Crippen LogP contribution in [0.4, 0.5) is 11.6 Å². The van der Waals surface area contributed by atoms with Crippen LogP contribution in [0.15, 0.2) is 41.1 Å². The highest BCUT2D eigenvalue weighted by Crippen LogP contribution is 2.24. The predicted molar refractivity (Wildman–Crippen MR) is 101 cm³/mol. The zero-order valence-electron chi connectivity index (χ0n) is 13.9. The molecule has 2 aromatic rings. The molecule has 0 saturated carbocycles. The molecule has 0 spiro atoms. The van der Waals surface area contributed by atoms with Crippen molar-refractivity contribution in [2.24, 2.45) is 0 Å². The van der Waals surface area contributed by atoms with Crippen LogP contribution >= 0.6 is 15.9 Å². The van der Waals surface area contributed by atoms with Gasteiger partial charge in [-0.05, 0) is 31.0 Å². The van der Waals surface area contributed by atoms with E-state index in [0.717, 1.165) is 23.5 Å². The molecule has 0 unspecified atom stereocenters. The maximum Gasteiger partial charge on any atom is 0.255 e.